The zero-order valence-electron chi connectivity index (χ0n) is 13.8. The van der Waals surface area contributed by atoms with Crippen molar-refractivity contribution in [1.29, 1.82) is 10.5 Å². The van der Waals surface area contributed by atoms with E-state index in [0.717, 1.165) is 11.3 Å². The molecule has 126 valence electrons. The largest absolute Gasteiger partial charge is 0.497 e. The number of hydrogen-bond acceptors (Lipinski definition) is 6. The van der Waals surface area contributed by atoms with E-state index in [9.17, 15) is 10.5 Å². The maximum Gasteiger partial charge on any atom is 0.231 e. The second-order valence-electron chi connectivity index (χ2n) is 5.55. The van der Waals surface area contributed by atoms with Crippen LogP contribution in [0.15, 0.2) is 48.0 Å². The predicted molar refractivity (Wildman–Crippen MR) is 92.3 cm³/mol. The Hall–Kier alpha value is -3.90. The molecular formula is C20H12N2O4. The van der Waals surface area contributed by atoms with Crippen molar-refractivity contribution in [2.45, 2.75) is 0 Å². The van der Waals surface area contributed by atoms with E-state index < -0.39 is 0 Å². The highest BCUT2D eigenvalue weighted by molar-refractivity contribution is 5.93. The number of nitriles is 2. The molecule has 26 heavy (non-hydrogen) atoms. The van der Waals surface area contributed by atoms with Gasteiger partial charge in [-0.2, -0.15) is 10.5 Å². The van der Waals surface area contributed by atoms with E-state index >= 15 is 0 Å². The second kappa shape index (κ2) is 6.19. The maximum absolute atomic E-state index is 9.35. The number of methoxy groups -OCH3 is 1. The molecule has 0 bridgehead atoms. The van der Waals surface area contributed by atoms with E-state index in [1.54, 1.807) is 25.3 Å². The second-order valence-corrected chi connectivity index (χ2v) is 5.55. The summed E-state index contributed by atoms with van der Waals surface area (Å²) in [5, 5.41) is 18.7. The third kappa shape index (κ3) is 2.51. The van der Waals surface area contributed by atoms with Gasteiger partial charge in [-0.05, 0) is 36.4 Å². The molecule has 6 nitrogen and oxygen atoms in total. The molecule has 4 rings (SSSR count). The third-order valence-electron chi connectivity index (χ3n) is 4.13. The number of nitrogens with zero attached hydrogens (tertiary/aromatic N) is 2. The average molecular weight is 344 g/mol. The quantitative estimate of drug-likeness (QED) is 0.773. The van der Waals surface area contributed by atoms with Gasteiger partial charge in [0, 0.05) is 22.8 Å². The third-order valence-corrected chi connectivity index (χ3v) is 4.13. The fourth-order valence-electron chi connectivity index (χ4n) is 2.82. The van der Waals surface area contributed by atoms with Gasteiger partial charge in [-0.1, -0.05) is 0 Å². The summed E-state index contributed by atoms with van der Waals surface area (Å²) < 4.78 is 22.0. The maximum atomic E-state index is 9.35. The zero-order chi connectivity index (χ0) is 18.1. The summed E-state index contributed by atoms with van der Waals surface area (Å²) in [6, 6.07) is 14.6. The van der Waals surface area contributed by atoms with Crippen molar-refractivity contribution >= 4 is 11.3 Å². The number of allylic oxidation sites excluding steroid dienone is 3. The molecule has 2 heterocycles. The van der Waals surface area contributed by atoms with Gasteiger partial charge >= 0.3 is 0 Å². The number of benzene rings is 2. The zero-order valence-corrected chi connectivity index (χ0v) is 13.8. The molecule has 0 aromatic heterocycles. The van der Waals surface area contributed by atoms with Gasteiger partial charge in [-0.25, -0.2) is 0 Å². The molecule has 0 saturated heterocycles. The Morgan fingerprint density at radius 3 is 2.35 bits per heavy atom. The van der Waals surface area contributed by atoms with Crippen LogP contribution >= 0.6 is 0 Å². The molecule has 2 aliphatic rings. The van der Waals surface area contributed by atoms with Crippen molar-refractivity contribution in [3.8, 4) is 35.1 Å². The van der Waals surface area contributed by atoms with E-state index in [2.05, 4.69) is 0 Å². The molecule has 0 saturated carbocycles. The van der Waals surface area contributed by atoms with Gasteiger partial charge in [0.05, 0.1) is 7.11 Å². The molecule has 0 fully saturated rings. The first kappa shape index (κ1) is 15.6. The first-order valence-electron chi connectivity index (χ1n) is 7.76. The molecule has 0 unspecified atom stereocenters. The van der Waals surface area contributed by atoms with Crippen molar-refractivity contribution in [2.75, 3.05) is 13.9 Å². The highest BCUT2D eigenvalue weighted by Gasteiger charge is 2.26. The highest BCUT2D eigenvalue weighted by Crippen LogP contribution is 2.45. The van der Waals surface area contributed by atoms with Crippen LogP contribution in [0.4, 0.5) is 0 Å². The van der Waals surface area contributed by atoms with Crippen LogP contribution < -0.4 is 18.9 Å². The minimum absolute atomic E-state index is 0.000531. The minimum atomic E-state index is -0.000531. The Bertz CT molecular complexity index is 1020. The molecule has 0 amide bonds. The van der Waals surface area contributed by atoms with Crippen LogP contribution in [-0.2, 0) is 0 Å². The summed E-state index contributed by atoms with van der Waals surface area (Å²) in [7, 11) is 1.59. The van der Waals surface area contributed by atoms with Crippen molar-refractivity contribution in [3.05, 3.63) is 59.2 Å². The topological polar surface area (TPSA) is 84.5 Å². The van der Waals surface area contributed by atoms with Crippen LogP contribution in [0.5, 0.6) is 23.0 Å². The highest BCUT2D eigenvalue weighted by atomic mass is 16.7. The van der Waals surface area contributed by atoms with Gasteiger partial charge in [-0.3, -0.25) is 0 Å². The Labute approximate surface area is 149 Å². The Balaban J connectivity index is 1.88. The standard InChI is InChI=1S/C20H12N2O4/c1-23-14-4-2-12(3-5-14)17-6-15(13(9-21)10-22)16-7-19-20(25-11-24-19)8-18(16)26-17/h2-8H,11H2,1H3. The summed E-state index contributed by atoms with van der Waals surface area (Å²) >= 11 is 0. The predicted octanol–water partition coefficient (Wildman–Crippen LogP) is 3.66. The molecular weight excluding hydrogens is 332 g/mol. The molecule has 2 aliphatic heterocycles. The number of rotatable bonds is 2. The summed E-state index contributed by atoms with van der Waals surface area (Å²) in [4.78, 5) is 0. The van der Waals surface area contributed by atoms with Crippen molar-refractivity contribution < 1.29 is 18.9 Å². The lowest BCUT2D eigenvalue weighted by molar-refractivity contribution is 0.174. The average Bonchev–Trinajstić information content (AvgIpc) is 3.14. The molecule has 2 aromatic carbocycles. The van der Waals surface area contributed by atoms with Gasteiger partial charge in [0.2, 0.25) is 6.79 Å². The van der Waals surface area contributed by atoms with Crippen LogP contribution in [0.1, 0.15) is 11.1 Å². The molecule has 0 N–H and O–H groups in total. The number of ether oxygens (including phenoxy) is 4. The van der Waals surface area contributed by atoms with Crippen molar-refractivity contribution in [3.63, 3.8) is 0 Å². The summed E-state index contributed by atoms with van der Waals surface area (Å²) in [6.07, 6.45) is 1.69. The first-order valence-corrected chi connectivity index (χ1v) is 7.76. The lowest BCUT2D eigenvalue weighted by Gasteiger charge is -2.21. The van der Waals surface area contributed by atoms with E-state index in [-0.39, 0.29) is 12.4 Å². The summed E-state index contributed by atoms with van der Waals surface area (Å²) in [5.74, 6) is 2.87. The minimum Gasteiger partial charge on any atom is -0.497 e. The van der Waals surface area contributed by atoms with E-state index in [1.807, 2.05) is 36.4 Å². The van der Waals surface area contributed by atoms with E-state index in [0.29, 0.717) is 34.1 Å². The van der Waals surface area contributed by atoms with E-state index in [4.69, 9.17) is 18.9 Å². The van der Waals surface area contributed by atoms with Crippen LogP contribution in [-0.4, -0.2) is 13.9 Å². The van der Waals surface area contributed by atoms with Gasteiger partial charge in [0.15, 0.2) is 11.5 Å². The van der Waals surface area contributed by atoms with Gasteiger partial charge in [0.1, 0.15) is 35.0 Å². The summed E-state index contributed by atoms with van der Waals surface area (Å²) in [5.41, 5.74) is 1.89. The monoisotopic (exact) mass is 344 g/mol. The molecule has 2 aromatic rings. The molecule has 0 spiro atoms. The Kier molecular flexibility index (Phi) is 3.72. The fourth-order valence-corrected chi connectivity index (χ4v) is 2.82. The lowest BCUT2D eigenvalue weighted by Crippen LogP contribution is -2.05. The Morgan fingerprint density at radius 1 is 1.00 bits per heavy atom. The van der Waals surface area contributed by atoms with Crippen LogP contribution in [0, 0.1) is 22.7 Å². The SMILES string of the molecule is COc1ccc(C2=CC(=C(C#N)C#N)c3cc4c(cc3O2)OCO4)cc1. The number of fused-ring (bicyclic) bond motifs is 2. The molecule has 0 radical (unpaired) electrons. The van der Waals surface area contributed by atoms with Gasteiger partial charge < -0.3 is 18.9 Å². The van der Waals surface area contributed by atoms with Crippen LogP contribution in [0.25, 0.3) is 11.3 Å². The number of hydrogen-bond donors (Lipinski definition) is 0. The Morgan fingerprint density at radius 2 is 1.69 bits per heavy atom. The lowest BCUT2D eigenvalue weighted by atomic mass is 9.95. The van der Waals surface area contributed by atoms with Crippen molar-refractivity contribution in [1.82, 2.24) is 0 Å². The van der Waals surface area contributed by atoms with Crippen LogP contribution in [0.2, 0.25) is 0 Å². The van der Waals surface area contributed by atoms with Gasteiger partial charge in [0.25, 0.3) is 0 Å². The first-order chi connectivity index (χ1) is 12.7. The molecule has 0 aliphatic carbocycles. The van der Waals surface area contributed by atoms with E-state index in [1.165, 1.54) is 0 Å². The summed E-state index contributed by atoms with van der Waals surface area (Å²) in [6.45, 7) is 0.124. The van der Waals surface area contributed by atoms with Crippen molar-refractivity contribution in [2.24, 2.45) is 0 Å². The fraction of sp³-hybridized carbons (Fsp3) is 0.100. The smallest absolute Gasteiger partial charge is 0.231 e. The molecule has 6 heteroatoms. The van der Waals surface area contributed by atoms with Crippen LogP contribution in [0.3, 0.4) is 0 Å². The van der Waals surface area contributed by atoms with Gasteiger partial charge in [-0.15, -0.1) is 0 Å². The normalized spacial score (nSPS) is 13.7. The molecule has 0 atom stereocenters.